The highest BCUT2D eigenvalue weighted by atomic mass is 16.4. The van der Waals surface area contributed by atoms with E-state index in [1.54, 1.807) is 0 Å². The van der Waals surface area contributed by atoms with Gasteiger partial charge in [-0.15, -0.1) is 0 Å². The van der Waals surface area contributed by atoms with Gasteiger partial charge in [-0.25, -0.2) is 4.79 Å². The van der Waals surface area contributed by atoms with Crippen molar-refractivity contribution in [2.24, 2.45) is 11.8 Å². The molecule has 1 saturated carbocycles. The second kappa shape index (κ2) is 8.49. The summed E-state index contributed by atoms with van der Waals surface area (Å²) in [7, 11) is 0. The third kappa shape index (κ3) is 6.97. The van der Waals surface area contributed by atoms with Crippen molar-refractivity contribution in [3.63, 3.8) is 0 Å². The monoisotopic (exact) mass is 299 g/mol. The Labute approximate surface area is 124 Å². The molecule has 1 rings (SSSR count). The number of hydrogen-bond donors (Lipinski definition) is 4. The molecule has 1 fully saturated rings. The molecule has 0 spiro atoms. The number of aliphatic carboxylic acids is 1. The highest BCUT2D eigenvalue weighted by Gasteiger charge is 2.27. The highest BCUT2D eigenvalue weighted by Crippen LogP contribution is 2.24. The van der Waals surface area contributed by atoms with E-state index in [1.165, 1.54) is 0 Å². The summed E-state index contributed by atoms with van der Waals surface area (Å²) in [6, 6.07) is -0.565. The molecule has 21 heavy (non-hydrogen) atoms. The fraction of sp³-hybridized carbons (Fsp3) is 0.786. The van der Waals surface area contributed by atoms with Crippen LogP contribution in [0.4, 0.5) is 4.79 Å². The number of carbonyl (C=O) groups excluding carboxylic acids is 2. The van der Waals surface area contributed by atoms with Gasteiger partial charge in [-0.3, -0.25) is 9.59 Å². The van der Waals surface area contributed by atoms with E-state index in [1.807, 2.05) is 13.8 Å². The molecular formula is C14H25N3O4. The summed E-state index contributed by atoms with van der Waals surface area (Å²) >= 11 is 0. The van der Waals surface area contributed by atoms with E-state index in [0.29, 0.717) is 25.3 Å². The van der Waals surface area contributed by atoms with Crippen LogP contribution in [0.3, 0.4) is 0 Å². The molecule has 0 aromatic rings. The van der Waals surface area contributed by atoms with Crippen molar-refractivity contribution in [2.45, 2.75) is 45.6 Å². The molecule has 0 aromatic heterocycles. The van der Waals surface area contributed by atoms with E-state index in [0.717, 1.165) is 12.8 Å². The first kappa shape index (κ1) is 17.3. The number of urea groups is 1. The first-order valence-corrected chi connectivity index (χ1v) is 7.42. The van der Waals surface area contributed by atoms with E-state index >= 15 is 0 Å². The minimum Gasteiger partial charge on any atom is -0.481 e. The molecule has 0 heterocycles. The number of nitrogens with one attached hydrogen (secondary N) is 3. The normalized spacial score (nSPS) is 21.7. The first-order valence-electron chi connectivity index (χ1n) is 7.42. The maximum absolute atomic E-state index is 11.7. The topological polar surface area (TPSA) is 108 Å². The van der Waals surface area contributed by atoms with E-state index in [9.17, 15) is 14.4 Å². The zero-order valence-electron chi connectivity index (χ0n) is 12.6. The Morgan fingerprint density at radius 3 is 2.52 bits per heavy atom. The van der Waals surface area contributed by atoms with Gasteiger partial charge in [0.05, 0.1) is 12.5 Å². The minimum atomic E-state index is -0.810. The first-order chi connectivity index (χ1) is 9.88. The van der Waals surface area contributed by atoms with Gasteiger partial charge >= 0.3 is 12.0 Å². The maximum atomic E-state index is 11.7. The summed E-state index contributed by atoms with van der Waals surface area (Å²) in [5.74, 6) is -1.07. The molecule has 3 amide bonds. The lowest BCUT2D eigenvalue weighted by molar-refractivity contribution is -0.143. The second-order valence-corrected chi connectivity index (χ2v) is 5.92. The van der Waals surface area contributed by atoms with Crippen molar-refractivity contribution in [3.05, 3.63) is 0 Å². The Hall–Kier alpha value is -1.79. The molecule has 4 N–H and O–H groups in total. The molecule has 7 heteroatoms. The van der Waals surface area contributed by atoms with Gasteiger partial charge in [-0.05, 0) is 25.2 Å². The van der Waals surface area contributed by atoms with Crippen LogP contribution < -0.4 is 16.0 Å². The fourth-order valence-corrected chi connectivity index (χ4v) is 2.32. The number of hydrogen-bond acceptors (Lipinski definition) is 3. The Kier molecular flexibility index (Phi) is 6.98. The molecule has 0 aliphatic heterocycles. The lowest BCUT2D eigenvalue weighted by Crippen LogP contribution is -2.47. The smallest absolute Gasteiger partial charge is 0.315 e. The molecular weight excluding hydrogens is 274 g/mol. The lowest BCUT2D eigenvalue weighted by atomic mass is 9.86. The van der Waals surface area contributed by atoms with Gasteiger partial charge in [0.1, 0.15) is 0 Å². The van der Waals surface area contributed by atoms with E-state index in [-0.39, 0.29) is 18.5 Å². The van der Waals surface area contributed by atoms with Crippen LogP contribution in [0, 0.1) is 11.8 Å². The number of carboxylic acids is 1. The van der Waals surface area contributed by atoms with Crippen LogP contribution >= 0.6 is 0 Å². The van der Waals surface area contributed by atoms with Gasteiger partial charge in [0.2, 0.25) is 5.91 Å². The lowest BCUT2D eigenvalue weighted by Gasteiger charge is -2.27. The quantitative estimate of drug-likeness (QED) is 0.579. The van der Waals surface area contributed by atoms with E-state index in [2.05, 4.69) is 16.0 Å². The summed E-state index contributed by atoms with van der Waals surface area (Å²) < 4.78 is 0. The predicted molar refractivity (Wildman–Crippen MR) is 77.8 cm³/mol. The summed E-state index contributed by atoms with van der Waals surface area (Å²) in [5.41, 5.74) is 0. The molecule has 2 atom stereocenters. The largest absolute Gasteiger partial charge is 0.481 e. The van der Waals surface area contributed by atoms with Crippen LogP contribution in [0.1, 0.15) is 39.5 Å². The van der Waals surface area contributed by atoms with Crippen molar-refractivity contribution < 1.29 is 19.5 Å². The average molecular weight is 299 g/mol. The molecule has 0 bridgehead atoms. The van der Waals surface area contributed by atoms with Gasteiger partial charge in [0.25, 0.3) is 0 Å². The molecule has 7 nitrogen and oxygen atoms in total. The molecule has 0 aromatic carbocycles. The number of carboxylic acid groups (broad SMARTS) is 1. The van der Waals surface area contributed by atoms with Crippen molar-refractivity contribution in [1.82, 2.24) is 16.0 Å². The summed E-state index contributed by atoms with van der Waals surface area (Å²) in [6.45, 7) is 4.48. The Bertz CT molecular complexity index is 384. The third-order valence-corrected chi connectivity index (χ3v) is 3.48. The third-order valence-electron chi connectivity index (χ3n) is 3.48. The Morgan fingerprint density at radius 2 is 1.90 bits per heavy atom. The molecule has 1 aliphatic rings. The van der Waals surface area contributed by atoms with Crippen molar-refractivity contribution in [3.8, 4) is 0 Å². The molecule has 0 saturated heterocycles. The SMILES string of the molecule is CC(C)CNC(=O)CNC(=O)NC1CCCC(C(=O)O)C1. The number of rotatable bonds is 6. The molecule has 120 valence electrons. The van der Waals surface area contributed by atoms with Crippen molar-refractivity contribution in [2.75, 3.05) is 13.1 Å². The standard InChI is InChI=1S/C14H25N3O4/c1-9(2)7-15-12(18)8-16-14(21)17-11-5-3-4-10(6-11)13(19)20/h9-11H,3-8H2,1-2H3,(H,15,18)(H,19,20)(H2,16,17,21). The van der Waals surface area contributed by atoms with Crippen LogP contribution in [0.2, 0.25) is 0 Å². The zero-order chi connectivity index (χ0) is 15.8. The van der Waals surface area contributed by atoms with Crippen LogP contribution in [0.15, 0.2) is 0 Å². The van der Waals surface area contributed by atoms with Gasteiger partial charge < -0.3 is 21.1 Å². The predicted octanol–water partition coefficient (Wildman–Crippen LogP) is 0.701. The van der Waals surface area contributed by atoms with Crippen LogP contribution in [-0.2, 0) is 9.59 Å². The average Bonchev–Trinajstić information content (AvgIpc) is 2.43. The van der Waals surface area contributed by atoms with Crippen molar-refractivity contribution in [1.29, 1.82) is 0 Å². The molecule has 1 aliphatic carbocycles. The highest BCUT2D eigenvalue weighted by molar-refractivity contribution is 5.84. The number of carbonyl (C=O) groups is 3. The summed E-state index contributed by atoms with van der Waals surface area (Å²) in [6.07, 6.45) is 2.67. The van der Waals surface area contributed by atoms with Gasteiger partial charge in [0, 0.05) is 12.6 Å². The van der Waals surface area contributed by atoms with Crippen LogP contribution in [0.25, 0.3) is 0 Å². The van der Waals surface area contributed by atoms with Crippen LogP contribution in [-0.4, -0.2) is 42.1 Å². The summed E-state index contributed by atoms with van der Waals surface area (Å²) in [4.78, 5) is 34.1. The fourth-order valence-electron chi connectivity index (χ4n) is 2.32. The van der Waals surface area contributed by atoms with Gasteiger partial charge in [0.15, 0.2) is 0 Å². The number of amides is 3. The Balaban J connectivity index is 2.24. The minimum absolute atomic E-state index is 0.0758. The zero-order valence-corrected chi connectivity index (χ0v) is 12.6. The second-order valence-electron chi connectivity index (χ2n) is 5.92. The van der Waals surface area contributed by atoms with Crippen LogP contribution in [0.5, 0.6) is 0 Å². The van der Waals surface area contributed by atoms with E-state index in [4.69, 9.17) is 5.11 Å². The summed E-state index contributed by atoms with van der Waals surface area (Å²) in [5, 5.41) is 16.9. The Morgan fingerprint density at radius 1 is 1.19 bits per heavy atom. The van der Waals surface area contributed by atoms with Crippen molar-refractivity contribution >= 4 is 17.9 Å². The molecule has 0 radical (unpaired) electrons. The van der Waals surface area contributed by atoms with Gasteiger partial charge in [-0.1, -0.05) is 20.3 Å². The maximum Gasteiger partial charge on any atom is 0.315 e. The van der Waals surface area contributed by atoms with E-state index < -0.39 is 17.9 Å². The molecule has 2 unspecified atom stereocenters. The van der Waals surface area contributed by atoms with Gasteiger partial charge in [-0.2, -0.15) is 0 Å².